The summed E-state index contributed by atoms with van der Waals surface area (Å²) in [7, 11) is 0. The van der Waals surface area contributed by atoms with Crippen LogP contribution in [0.15, 0.2) is 28.7 Å². The highest BCUT2D eigenvalue weighted by molar-refractivity contribution is 9.10. The number of benzene rings is 1. The van der Waals surface area contributed by atoms with Crippen LogP contribution in [0.25, 0.3) is 0 Å². The van der Waals surface area contributed by atoms with Gasteiger partial charge in [0, 0.05) is 29.9 Å². The number of halogens is 1. The molecular weight excluding hydrogens is 318 g/mol. The topological polar surface area (TPSA) is 40.5 Å². The van der Waals surface area contributed by atoms with E-state index in [1.165, 1.54) is 5.56 Å². The van der Waals surface area contributed by atoms with Gasteiger partial charge < -0.3 is 10.0 Å². The van der Waals surface area contributed by atoms with Crippen molar-refractivity contribution in [3.63, 3.8) is 0 Å². The molecule has 0 radical (unpaired) electrons. The Hall–Kier alpha value is -0.870. The van der Waals surface area contributed by atoms with Crippen LogP contribution >= 0.6 is 15.9 Å². The van der Waals surface area contributed by atoms with Gasteiger partial charge in [-0.2, -0.15) is 0 Å². The summed E-state index contributed by atoms with van der Waals surface area (Å²) in [6.45, 7) is 3.35. The van der Waals surface area contributed by atoms with Gasteiger partial charge in [0.2, 0.25) is 5.91 Å². The molecule has 0 saturated carbocycles. The van der Waals surface area contributed by atoms with Gasteiger partial charge in [0.15, 0.2) is 0 Å². The van der Waals surface area contributed by atoms with Crippen molar-refractivity contribution in [3.8, 4) is 0 Å². The molecule has 110 valence electrons. The highest BCUT2D eigenvalue weighted by Gasteiger charge is 2.26. The van der Waals surface area contributed by atoms with E-state index in [4.69, 9.17) is 0 Å². The molecule has 1 aromatic carbocycles. The first kappa shape index (κ1) is 15.5. The van der Waals surface area contributed by atoms with Gasteiger partial charge in [-0.25, -0.2) is 0 Å². The zero-order valence-corrected chi connectivity index (χ0v) is 13.5. The minimum Gasteiger partial charge on any atom is -0.393 e. The van der Waals surface area contributed by atoms with E-state index in [0.717, 1.165) is 30.3 Å². The number of amides is 1. The van der Waals surface area contributed by atoms with E-state index in [2.05, 4.69) is 15.9 Å². The highest BCUT2D eigenvalue weighted by Crippen LogP contribution is 2.22. The first-order chi connectivity index (χ1) is 9.58. The number of piperidine rings is 1. The Morgan fingerprint density at radius 1 is 1.50 bits per heavy atom. The minimum atomic E-state index is -0.325. The van der Waals surface area contributed by atoms with Crippen LogP contribution < -0.4 is 0 Å². The Bertz CT molecular complexity index is 462. The molecule has 1 aliphatic heterocycles. The molecule has 1 aromatic rings. The summed E-state index contributed by atoms with van der Waals surface area (Å²) in [4.78, 5) is 14.2. The quantitative estimate of drug-likeness (QED) is 0.915. The predicted octanol–water partition coefficient (Wildman–Crippen LogP) is 3.00. The first-order valence-electron chi connectivity index (χ1n) is 7.27. The van der Waals surface area contributed by atoms with Gasteiger partial charge in [-0.15, -0.1) is 0 Å². The summed E-state index contributed by atoms with van der Waals surface area (Å²) < 4.78 is 1.06. The van der Waals surface area contributed by atoms with E-state index in [9.17, 15) is 9.90 Å². The Kier molecular flexibility index (Phi) is 5.61. The highest BCUT2D eigenvalue weighted by atomic mass is 79.9. The summed E-state index contributed by atoms with van der Waals surface area (Å²) >= 11 is 3.51. The van der Waals surface area contributed by atoms with Crippen molar-refractivity contribution in [2.45, 2.75) is 38.7 Å². The molecule has 0 bridgehead atoms. The van der Waals surface area contributed by atoms with E-state index < -0.39 is 0 Å². The maximum Gasteiger partial charge on any atom is 0.222 e. The van der Waals surface area contributed by atoms with Crippen molar-refractivity contribution in [3.05, 3.63) is 34.3 Å². The van der Waals surface area contributed by atoms with Crippen molar-refractivity contribution >= 4 is 21.8 Å². The lowest BCUT2D eigenvalue weighted by Gasteiger charge is -2.34. The summed E-state index contributed by atoms with van der Waals surface area (Å²) in [5.41, 5.74) is 1.17. The molecule has 2 atom stereocenters. The predicted molar refractivity (Wildman–Crippen MR) is 83.4 cm³/mol. The summed E-state index contributed by atoms with van der Waals surface area (Å²) in [5.74, 6) is 0.433. The minimum absolute atomic E-state index is 0.200. The second-order valence-electron chi connectivity index (χ2n) is 5.57. The van der Waals surface area contributed by atoms with Crippen LogP contribution in [0.2, 0.25) is 0 Å². The molecule has 1 fully saturated rings. The van der Waals surface area contributed by atoms with E-state index in [0.29, 0.717) is 13.0 Å². The number of hydrogen-bond donors (Lipinski definition) is 1. The molecule has 2 unspecified atom stereocenters. The van der Waals surface area contributed by atoms with Crippen LogP contribution in [-0.2, 0) is 11.2 Å². The van der Waals surface area contributed by atoms with Gasteiger partial charge in [0.1, 0.15) is 0 Å². The molecule has 20 heavy (non-hydrogen) atoms. The lowest BCUT2D eigenvalue weighted by Crippen LogP contribution is -2.43. The zero-order chi connectivity index (χ0) is 14.5. The average Bonchev–Trinajstić information content (AvgIpc) is 2.46. The normalized spacial score (nSPS) is 20.8. The standard InChI is InChI=1S/C16H22BrNO2/c1-12(19)14-6-4-10-18(11-14)16(20)9-8-13-5-2-3-7-15(13)17/h2-3,5,7,12,14,19H,4,6,8-11H2,1H3. The summed E-state index contributed by atoms with van der Waals surface area (Å²) in [6, 6.07) is 8.03. The number of aliphatic hydroxyl groups is 1. The van der Waals surface area contributed by atoms with Crippen molar-refractivity contribution in [2.24, 2.45) is 5.92 Å². The third kappa shape index (κ3) is 4.06. The number of aliphatic hydroxyl groups excluding tert-OH is 1. The molecule has 0 aromatic heterocycles. The van der Waals surface area contributed by atoms with E-state index in [1.807, 2.05) is 36.1 Å². The monoisotopic (exact) mass is 339 g/mol. The van der Waals surface area contributed by atoms with Gasteiger partial charge >= 0.3 is 0 Å². The molecule has 3 nitrogen and oxygen atoms in total. The molecular formula is C16H22BrNO2. The second kappa shape index (κ2) is 7.23. The second-order valence-corrected chi connectivity index (χ2v) is 6.43. The molecule has 0 aliphatic carbocycles. The van der Waals surface area contributed by atoms with Crippen LogP contribution in [0.4, 0.5) is 0 Å². The fraction of sp³-hybridized carbons (Fsp3) is 0.562. The third-order valence-electron chi connectivity index (χ3n) is 4.06. The van der Waals surface area contributed by atoms with Crippen molar-refractivity contribution < 1.29 is 9.90 Å². The lowest BCUT2D eigenvalue weighted by molar-refractivity contribution is -0.133. The van der Waals surface area contributed by atoms with E-state index >= 15 is 0 Å². The Labute approximate surface area is 129 Å². The Morgan fingerprint density at radius 2 is 2.25 bits per heavy atom. The molecule has 2 rings (SSSR count). The number of hydrogen-bond acceptors (Lipinski definition) is 2. The Balaban J connectivity index is 1.87. The SMILES string of the molecule is CC(O)C1CCCN(C(=O)CCc2ccccc2Br)C1. The maximum atomic E-state index is 12.3. The van der Waals surface area contributed by atoms with Crippen LogP contribution in [0.5, 0.6) is 0 Å². The van der Waals surface area contributed by atoms with Crippen molar-refractivity contribution in [1.82, 2.24) is 4.90 Å². The van der Waals surface area contributed by atoms with Crippen molar-refractivity contribution in [2.75, 3.05) is 13.1 Å². The van der Waals surface area contributed by atoms with Gasteiger partial charge in [0.05, 0.1) is 6.10 Å². The largest absolute Gasteiger partial charge is 0.393 e. The number of carbonyl (C=O) groups excluding carboxylic acids is 1. The number of rotatable bonds is 4. The molecule has 1 N–H and O–H groups in total. The van der Waals surface area contributed by atoms with Gasteiger partial charge in [-0.1, -0.05) is 34.1 Å². The average molecular weight is 340 g/mol. The van der Waals surface area contributed by atoms with Gasteiger partial charge in [-0.05, 0) is 37.8 Å². The van der Waals surface area contributed by atoms with Crippen LogP contribution in [0.3, 0.4) is 0 Å². The number of nitrogens with zero attached hydrogens (tertiary/aromatic N) is 1. The summed E-state index contributed by atoms with van der Waals surface area (Å²) in [5, 5.41) is 9.68. The fourth-order valence-electron chi connectivity index (χ4n) is 2.73. The number of carbonyl (C=O) groups is 1. The van der Waals surface area contributed by atoms with E-state index in [-0.39, 0.29) is 17.9 Å². The molecule has 1 amide bonds. The van der Waals surface area contributed by atoms with Crippen molar-refractivity contribution in [1.29, 1.82) is 0 Å². The molecule has 0 spiro atoms. The first-order valence-corrected chi connectivity index (χ1v) is 8.06. The van der Waals surface area contributed by atoms with Crippen LogP contribution in [0.1, 0.15) is 31.7 Å². The molecule has 4 heteroatoms. The molecule has 1 heterocycles. The zero-order valence-electron chi connectivity index (χ0n) is 11.9. The smallest absolute Gasteiger partial charge is 0.222 e. The third-order valence-corrected chi connectivity index (χ3v) is 4.83. The molecule has 1 aliphatic rings. The molecule has 1 saturated heterocycles. The maximum absolute atomic E-state index is 12.3. The number of likely N-dealkylation sites (tertiary alicyclic amines) is 1. The number of aryl methyl sites for hydroxylation is 1. The Morgan fingerprint density at radius 3 is 2.95 bits per heavy atom. The van der Waals surface area contributed by atoms with E-state index in [1.54, 1.807) is 0 Å². The van der Waals surface area contributed by atoms with Gasteiger partial charge in [-0.3, -0.25) is 4.79 Å². The van der Waals surface area contributed by atoms with Gasteiger partial charge in [0.25, 0.3) is 0 Å². The van der Waals surface area contributed by atoms with Crippen LogP contribution in [0, 0.1) is 5.92 Å². The fourth-order valence-corrected chi connectivity index (χ4v) is 3.21. The van der Waals surface area contributed by atoms with Crippen LogP contribution in [-0.4, -0.2) is 35.1 Å². The lowest BCUT2D eigenvalue weighted by atomic mass is 9.93. The summed E-state index contributed by atoms with van der Waals surface area (Å²) in [6.07, 6.45) is 2.99.